The van der Waals surface area contributed by atoms with Crippen molar-refractivity contribution < 1.29 is 57.5 Å². The van der Waals surface area contributed by atoms with Gasteiger partial charge in [0.25, 0.3) is 5.91 Å². The number of halogens is 13. The van der Waals surface area contributed by atoms with Crippen LogP contribution in [0.3, 0.4) is 0 Å². The molecule has 0 unspecified atom stereocenters. The molecule has 1 fully saturated rings. The van der Waals surface area contributed by atoms with E-state index in [-0.39, 0.29) is 18.0 Å². The van der Waals surface area contributed by atoms with Crippen LogP contribution >= 0.6 is 11.6 Å². The van der Waals surface area contributed by atoms with Crippen molar-refractivity contribution in [3.63, 3.8) is 0 Å². The number of piperazine rings is 1. The maximum Gasteiger partial charge on any atom is 0.392 e. The lowest BCUT2D eigenvalue weighted by Gasteiger charge is -2.41. The van der Waals surface area contributed by atoms with Crippen molar-refractivity contribution in [1.82, 2.24) is 4.90 Å². The average molecular weight is 525 g/mol. The summed E-state index contributed by atoms with van der Waals surface area (Å²) in [4.78, 5) is 13.3. The fourth-order valence-corrected chi connectivity index (χ4v) is 3.02. The molecule has 1 aromatic carbocycles. The minimum atomic E-state index is -7.73. The van der Waals surface area contributed by atoms with Gasteiger partial charge in [-0.3, -0.25) is 4.79 Å². The molecule has 0 N–H and O–H groups in total. The van der Waals surface area contributed by atoms with E-state index in [2.05, 4.69) is 0 Å². The van der Waals surface area contributed by atoms with Crippen LogP contribution in [-0.4, -0.2) is 73.0 Å². The van der Waals surface area contributed by atoms with Crippen molar-refractivity contribution in [2.45, 2.75) is 36.0 Å². The molecular formula is C17H13ClF12N2O. The van der Waals surface area contributed by atoms with Crippen molar-refractivity contribution in [2.24, 2.45) is 0 Å². The number of hydrogen-bond acceptors (Lipinski definition) is 2. The fourth-order valence-electron chi connectivity index (χ4n) is 2.89. The SMILES string of the molecule is O=C(N1CCN(c2ccc(Cl)cc2)CC1)C(F)(F)C(F)(F)C(F)(F)C(F)(F)C(F)(F)C(F)F. The molecule has 0 atom stereocenters. The average Bonchev–Trinajstić information content (AvgIpc) is 2.73. The summed E-state index contributed by atoms with van der Waals surface area (Å²) in [5, 5.41) is 0.338. The monoisotopic (exact) mass is 524 g/mol. The lowest BCUT2D eigenvalue weighted by Crippen LogP contribution is -2.71. The van der Waals surface area contributed by atoms with Gasteiger partial charge >= 0.3 is 36.0 Å². The first-order valence-corrected chi connectivity index (χ1v) is 9.17. The maximum absolute atomic E-state index is 14.0. The number of rotatable bonds is 7. The van der Waals surface area contributed by atoms with Crippen LogP contribution in [0.15, 0.2) is 24.3 Å². The molecule has 16 heteroatoms. The minimum Gasteiger partial charge on any atom is -0.368 e. The Morgan fingerprint density at radius 1 is 0.758 bits per heavy atom. The number of hydrogen-bond donors (Lipinski definition) is 0. The molecule has 33 heavy (non-hydrogen) atoms. The third-order valence-corrected chi connectivity index (χ3v) is 5.15. The Morgan fingerprint density at radius 2 is 1.21 bits per heavy atom. The second-order valence-corrected chi connectivity index (χ2v) is 7.41. The normalized spacial score (nSPS) is 17.0. The van der Waals surface area contributed by atoms with Gasteiger partial charge in [-0.2, -0.15) is 43.9 Å². The van der Waals surface area contributed by atoms with Crippen molar-refractivity contribution in [3.8, 4) is 0 Å². The minimum absolute atomic E-state index is 0.0557. The zero-order valence-corrected chi connectivity index (χ0v) is 16.7. The lowest BCUT2D eigenvalue weighted by molar-refractivity contribution is -0.407. The van der Waals surface area contributed by atoms with E-state index >= 15 is 0 Å². The third-order valence-electron chi connectivity index (χ3n) is 4.90. The highest BCUT2D eigenvalue weighted by Gasteiger charge is 2.89. The Balaban J connectivity index is 2.25. The number of carbonyl (C=O) groups is 1. The number of carbonyl (C=O) groups excluding carboxylic acids is 1. The molecule has 1 amide bonds. The summed E-state index contributed by atoms with van der Waals surface area (Å²) in [6, 6.07) is 5.85. The Bertz CT molecular complexity index is 854. The molecular weight excluding hydrogens is 512 g/mol. The first-order valence-electron chi connectivity index (χ1n) is 8.79. The Morgan fingerprint density at radius 3 is 1.64 bits per heavy atom. The van der Waals surface area contributed by atoms with Crippen molar-refractivity contribution in [2.75, 3.05) is 31.1 Å². The van der Waals surface area contributed by atoms with Crippen LogP contribution in [0.4, 0.5) is 58.4 Å². The highest BCUT2D eigenvalue weighted by molar-refractivity contribution is 6.30. The molecule has 0 aliphatic carbocycles. The van der Waals surface area contributed by atoms with E-state index in [1.165, 1.54) is 29.2 Å². The zero-order chi connectivity index (χ0) is 25.6. The Labute approximate surface area is 182 Å². The van der Waals surface area contributed by atoms with Crippen LogP contribution in [0.1, 0.15) is 0 Å². The van der Waals surface area contributed by atoms with Gasteiger partial charge in [0.15, 0.2) is 0 Å². The number of anilines is 1. The summed E-state index contributed by atoms with van der Waals surface area (Å²) in [7, 11) is 0. The van der Waals surface area contributed by atoms with Crippen LogP contribution in [0.25, 0.3) is 0 Å². The summed E-state index contributed by atoms with van der Waals surface area (Å²) in [6.07, 6.45) is -5.60. The molecule has 0 aromatic heterocycles. The smallest absolute Gasteiger partial charge is 0.368 e. The van der Waals surface area contributed by atoms with Crippen LogP contribution in [-0.2, 0) is 4.79 Å². The summed E-state index contributed by atoms with van der Waals surface area (Å²) in [5.74, 6) is -39.6. The van der Waals surface area contributed by atoms with Gasteiger partial charge in [-0.25, -0.2) is 8.78 Å². The van der Waals surface area contributed by atoms with E-state index in [1.54, 1.807) is 0 Å². The van der Waals surface area contributed by atoms with Gasteiger partial charge in [-0.05, 0) is 24.3 Å². The van der Waals surface area contributed by atoms with E-state index in [4.69, 9.17) is 11.6 Å². The fraction of sp³-hybridized carbons (Fsp3) is 0.588. The highest BCUT2D eigenvalue weighted by Crippen LogP contribution is 2.58. The summed E-state index contributed by atoms with van der Waals surface area (Å²) < 4.78 is 159. The number of nitrogens with zero attached hydrogens (tertiary/aromatic N) is 2. The summed E-state index contributed by atoms with van der Waals surface area (Å²) in [6.45, 7) is -2.10. The molecule has 0 radical (unpaired) electrons. The van der Waals surface area contributed by atoms with E-state index in [0.29, 0.717) is 10.7 Å². The lowest BCUT2D eigenvalue weighted by atomic mass is 9.93. The molecule has 1 aliphatic heterocycles. The van der Waals surface area contributed by atoms with Gasteiger partial charge in [-0.15, -0.1) is 0 Å². The van der Waals surface area contributed by atoms with E-state index in [0.717, 1.165) is 0 Å². The third kappa shape index (κ3) is 4.28. The quantitative estimate of drug-likeness (QED) is 0.444. The van der Waals surface area contributed by atoms with Gasteiger partial charge in [0.05, 0.1) is 0 Å². The second-order valence-electron chi connectivity index (χ2n) is 6.98. The molecule has 2 rings (SSSR count). The number of alkyl halides is 12. The molecule has 0 saturated carbocycles. The van der Waals surface area contributed by atoms with Gasteiger partial charge in [0.1, 0.15) is 0 Å². The van der Waals surface area contributed by atoms with E-state index < -0.39 is 55.0 Å². The zero-order valence-electron chi connectivity index (χ0n) is 15.9. The van der Waals surface area contributed by atoms with Crippen LogP contribution in [0.5, 0.6) is 0 Å². The second kappa shape index (κ2) is 8.62. The number of amides is 1. The molecule has 0 bridgehead atoms. The predicted molar refractivity (Wildman–Crippen MR) is 91.0 cm³/mol. The Hall–Kier alpha value is -2.06. The van der Waals surface area contributed by atoms with Gasteiger partial charge in [0, 0.05) is 36.9 Å². The number of benzene rings is 1. The first-order chi connectivity index (χ1) is 14.8. The van der Waals surface area contributed by atoms with Gasteiger partial charge in [0.2, 0.25) is 0 Å². The standard InChI is InChI=1S/C17H13ClF12N2O/c18-9-1-3-10(4-2-9)31-5-7-32(8-6-31)12(33)14(23,24)16(27,28)17(29,30)15(25,26)13(21,22)11(19)20/h1-4,11H,5-8H2. The molecule has 1 saturated heterocycles. The molecule has 188 valence electrons. The topological polar surface area (TPSA) is 23.6 Å². The van der Waals surface area contributed by atoms with Gasteiger partial charge in [-0.1, -0.05) is 11.6 Å². The molecule has 3 nitrogen and oxygen atoms in total. The van der Waals surface area contributed by atoms with Crippen molar-refractivity contribution >= 4 is 23.2 Å². The molecule has 1 aliphatic rings. The van der Waals surface area contributed by atoms with Gasteiger partial charge < -0.3 is 9.80 Å². The van der Waals surface area contributed by atoms with Crippen molar-refractivity contribution in [3.05, 3.63) is 29.3 Å². The highest BCUT2D eigenvalue weighted by atomic mass is 35.5. The first kappa shape index (κ1) is 27.2. The maximum atomic E-state index is 14.0. The molecule has 0 spiro atoms. The molecule has 1 heterocycles. The van der Waals surface area contributed by atoms with Crippen LogP contribution in [0.2, 0.25) is 5.02 Å². The van der Waals surface area contributed by atoms with Crippen LogP contribution < -0.4 is 4.90 Å². The largest absolute Gasteiger partial charge is 0.392 e. The molecule has 1 aromatic rings. The Kier molecular flexibility index (Phi) is 7.10. The predicted octanol–water partition coefficient (Wildman–Crippen LogP) is 5.43. The van der Waals surface area contributed by atoms with E-state index in [9.17, 15) is 57.5 Å². The van der Waals surface area contributed by atoms with Crippen LogP contribution in [0, 0.1) is 0 Å². The van der Waals surface area contributed by atoms with E-state index in [1.807, 2.05) is 0 Å². The van der Waals surface area contributed by atoms with Crippen molar-refractivity contribution in [1.29, 1.82) is 0 Å². The summed E-state index contributed by atoms with van der Waals surface area (Å²) in [5.41, 5.74) is 0.462. The summed E-state index contributed by atoms with van der Waals surface area (Å²) >= 11 is 5.69.